The van der Waals surface area contributed by atoms with E-state index in [2.05, 4.69) is 10.3 Å². The van der Waals surface area contributed by atoms with Gasteiger partial charge in [0.2, 0.25) is 6.10 Å². The highest BCUT2D eigenvalue weighted by Crippen LogP contribution is 2.35. The molecule has 0 fully saturated rings. The van der Waals surface area contributed by atoms with Crippen LogP contribution in [-0.2, 0) is 9.53 Å². The predicted octanol–water partition coefficient (Wildman–Crippen LogP) is 7.18. The van der Waals surface area contributed by atoms with E-state index >= 15 is 0 Å². The number of anilines is 1. The van der Waals surface area contributed by atoms with Gasteiger partial charge in [-0.25, -0.2) is 9.78 Å². The van der Waals surface area contributed by atoms with Crippen LogP contribution in [0.1, 0.15) is 32.5 Å². The maximum Gasteiger partial charge on any atom is 0.349 e. The van der Waals surface area contributed by atoms with Crippen LogP contribution in [0.4, 0.5) is 5.69 Å². The fourth-order valence-electron chi connectivity index (χ4n) is 3.86. The van der Waals surface area contributed by atoms with Crippen LogP contribution in [0.25, 0.3) is 20.1 Å². The smallest absolute Gasteiger partial charge is 0.349 e. The van der Waals surface area contributed by atoms with Crippen LogP contribution in [0.2, 0.25) is 0 Å². The summed E-state index contributed by atoms with van der Waals surface area (Å²) in [4.78, 5) is 32.3. The van der Waals surface area contributed by atoms with Gasteiger partial charge in [-0.2, -0.15) is 0 Å². The molecule has 0 bridgehead atoms. The lowest BCUT2D eigenvalue weighted by atomic mass is 10.1. The summed E-state index contributed by atoms with van der Waals surface area (Å²) in [5.74, 6) is -0.954. The Kier molecular flexibility index (Phi) is 6.44. The molecule has 7 heteroatoms. The summed E-state index contributed by atoms with van der Waals surface area (Å²) >= 11 is 2.89. The summed E-state index contributed by atoms with van der Waals surface area (Å²) in [6.45, 7) is 3.94. The van der Waals surface area contributed by atoms with Crippen molar-refractivity contribution < 1.29 is 14.3 Å². The third kappa shape index (κ3) is 5.16. The highest BCUT2D eigenvalue weighted by atomic mass is 32.1. The van der Waals surface area contributed by atoms with Gasteiger partial charge < -0.3 is 10.1 Å². The van der Waals surface area contributed by atoms with E-state index in [1.54, 1.807) is 29.5 Å². The first kappa shape index (κ1) is 23.0. The van der Waals surface area contributed by atoms with Gasteiger partial charge in [0.05, 0.1) is 15.1 Å². The molecule has 2 aromatic heterocycles. The molecular formula is C28H22N2O3S2. The summed E-state index contributed by atoms with van der Waals surface area (Å²) in [7, 11) is 0. The normalized spacial score (nSPS) is 11.8. The molecule has 5 aromatic rings. The Morgan fingerprint density at radius 1 is 0.857 bits per heavy atom. The van der Waals surface area contributed by atoms with Crippen molar-refractivity contribution >= 4 is 50.5 Å². The maximum absolute atomic E-state index is 13.2. The number of carbonyl (C=O) groups excluding carboxylic acids is 2. The number of thiazole rings is 1. The molecule has 0 radical (unpaired) electrons. The van der Waals surface area contributed by atoms with Gasteiger partial charge in [-0.15, -0.1) is 22.7 Å². The molecule has 0 aliphatic carbocycles. The van der Waals surface area contributed by atoms with Gasteiger partial charge in [0.15, 0.2) is 0 Å². The summed E-state index contributed by atoms with van der Waals surface area (Å²) in [5, 5.41) is 3.75. The van der Waals surface area contributed by atoms with Crippen LogP contribution in [-0.4, -0.2) is 16.9 Å². The van der Waals surface area contributed by atoms with Gasteiger partial charge >= 0.3 is 5.97 Å². The minimum Gasteiger partial charge on any atom is -0.443 e. The topological polar surface area (TPSA) is 68.3 Å². The number of rotatable bonds is 6. The van der Waals surface area contributed by atoms with Gasteiger partial charge in [-0.05, 0) is 61.4 Å². The summed E-state index contributed by atoms with van der Waals surface area (Å²) in [6, 6.07) is 26.4. The SMILES string of the molecule is Cc1cc(C)cc(NC(=O)C(OC(=O)c2ccc(-c3nc4ccccc4s3)s2)c2ccccc2)c1. The number of nitrogens with one attached hydrogen (secondary N) is 1. The molecule has 1 unspecified atom stereocenters. The highest BCUT2D eigenvalue weighted by Gasteiger charge is 2.27. The zero-order valence-electron chi connectivity index (χ0n) is 19.1. The largest absolute Gasteiger partial charge is 0.443 e. The van der Waals surface area contributed by atoms with Gasteiger partial charge in [-0.3, -0.25) is 4.79 Å². The molecule has 0 aliphatic heterocycles. The molecule has 35 heavy (non-hydrogen) atoms. The molecule has 3 aromatic carbocycles. The average molecular weight is 499 g/mol. The molecule has 174 valence electrons. The molecule has 2 heterocycles. The first-order valence-electron chi connectivity index (χ1n) is 11.1. The van der Waals surface area contributed by atoms with E-state index in [9.17, 15) is 9.59 Å². The van der Waals surface area contributed by atoms with Crippen LogP contribution in [0.3, 0.4) is 0 Å². The van der Waals surface area contributed by atoms with Gasteiger partial charge in [0.25, 0.3) is 5.91 Å². The number of carbonyl (C=O) groups is 2. The first-order chi connectivity index (χ1) is 17.0. The van der Waals surface area contributed by atoms with Crippen molar-refractivity contribution in [3.05, 3.63) is 106 Å². The monoisotopic (exact) mass is 498 g/mol. The minimum absolute atomic E-state index is 0.405. The number of aromatic nitrogens is 1. The lowest BCUT2D eigenvalue weighted by Gasteiger charge is -2.18. The van der Waals surface area contributed by atoms with E-state index in [4.69, 9.17) is 4.74 Å². The van der Waals surface area contributed by atoms with Crippen molar-refractivity contribution in [2.45, 2.75) is 20.0 Å². The second kappa shape index (κ2) is 9.82. The highest BCUT2D eigenvalue weighted by molar-refractivity contribution is 7.26. The van der Waals surface area contributed by atoms with Crippen LogP contribution >= 0.6 is 22.7 Å². The number of hydrogen-bond donors (Lipinski definition) is 1. The summed E-state index contributed by atoms with van der Waals surface area (Å²) < 4.78 is 6.86. The van der Waals surface area contributed by atoms with Gasteiger partial charge in [-0.1, -0.05) is 48.5 Å². The molecule has 1 amide bonds. The van der Waals surface area contributed by atoms with Gasteiger partial charge in [0, 0.05) is 11.3 Å². The van der Waals surface area contributed by atoms with Crippen molar-refractivity contribution in [2.24, 2.45) is 0 Å². The molecule has 5 rings (SSSR count). The molecule has 1 N–H and O–H groups in total. The van der Waals surface area contributed by atoms with Crippen molar-refractivity contribution in [1.29, 1.82) is 0 Å². The predicted molar refractivity (Wildman–Crippen MR) is 142 cm³/mol. The molecule has 0 spiro atoms. The van der Waals surface area contributed by atoms with Crippen LogP contribution in [0.5, 0.6) is 0 Å². The molecule has 0 aliphatic rings. The van der Waals surface area contributed by atoms with Gasteiger partial charge in [0.1, 0.15) is 9.88 Å². The number of esters is 1. The number of nitrogens with zero attached hydrogens (tertiary/aromatic N) is 1. The van der Waals surface area contributed by atoms with E-state index in [-0.39, 0.29) is 0 Å². The quantitative estimate of drug-likeness (QED) is 0.252. The number of benzene rings is 3. The van der Waals surface area contributed by atoms with Crippen molar-refractivity contribution in [3.63, 3.8) is 0 Å². The van der Waals surface area contributed by atoms with Crippen molar-refractivity contribution in [3.8, 4) is 9.88 Å². The lowest BCUT2D eigenvalue weighted by molar-refractivity contribution is -0.125. The number of aryl methyl sites for hydroxylation is 2. The second-order valence-electron chi connectivity index (χ2n) is 8.21. The Hall–Kier alpha value is -3.81. The number of ether oxygens (including phenoxy) is 1. The Labute approximate surface area is 211 Å². The molecule has 1 atom stereocenters. The zero-order chi connectivity index (χ0) is 24.4. The lowest BCUT2D eigenvalue weighted by Crippen LogP contribution is -2.25. The number of para-hydroxylation sites is 1. The fraction of sp³-hybridized carbons (Fsp3) is 0.107. The number of thiophene rings is 1. The third-order valence-corrected chi connectivity index (χ3v) is 7.64. The van der Waals surface area contributed by atoms with Crippen molar-refractivity contribution in [2.75, 3.05) is 5.32 Å². The number of hydrogen-bond acceptors (Lipinski definition) is 6. The van der Waals surface area contributed by atoms with E-state index in [0.29, 0.717) is 16.1 Å². The average Bonchev–Trinajstić information content (AvgIpc) is 3.49. The van der Waals surface area contributed by atoms with Crippen LogP contribution in [0.15, 0.2) is 84.9 Å². The fourth-order valence-corrected chi connectivity index (χ4v) is 5.77. The van der Waals surface area contributed by atoms with E-state index in [1.807, 2.05) is 80.6 Å². The molecule has 0 saturated heterocycles. The Morgan fingerprint density at radius 3 is 2.31 bits per heavy atom. The Bertz CT molecular complexity index is 1470. The summed E-state index contributed by atoms with van der Waals surface area (Å²) in [6.07, 6.45) is -1.09. The number of amides is 1. The third-order valence-electron chi connectivity index (χ3n) is 5.37. The van der Waals surface area contributed by atoms with E-state index < -0.39 is 18.0 Å². The molecule has 5 nitrogen and oxygen atoms in total. The maximum atomic E-state index is 13.2. The minimum atomic E-state index is -1.09. The van der Waals surface area contributed by atoms with E-state index in [0.717, 1.165) is 31.2 Å². The first-order valence-corrected chi connectivity index (χ1v) is 12.7. The van der Waals surface area contributed by atoms with Crippen molar-refractivity contribution in [1.82, 2.24) is 4.98 Å². The van der Waals surface area contributed by atoms with Crippen LogP contribution in [0, 0.1) is 13.8 Å². The standard InChI is InChI=1S/C28H22N2O3S2/c1-17-14-18(2)16-20(15-17)29-26(31)25(19-8-4-3-5-9-19)33-28(32)24-13-12-23(34-24)27-30-21-10-6-7-11-22(21)35-27/h3-16,25H,1-2H3,(H,29,31). The molecule has 0 saturated carbocycles. The Balaban J connectivity index is 1.38. The second-order valence-corrected chi connectivity index (χ2v) is 10.3. The molecular weight excluding hydrogens is 476 g/mol. The Morgan fingerprint density at radius 2 is 1.57 bits per heavy atom. The summed E-state index contributed by atoms with van der Waals surface area (Å²) in [5.41, 5.74) is 4.27. The van der Waals surface area contributed by atoms with Crippen LogP contribution < -0.4 is 5.32 Å². The van der Waals surface area contributed by atoms with E-state index in [1.165, 1.54) is 11.3 Å². The number of fused-ring (bicyclic) bond motifs is 1. The zero-order valence-corrected chi connectivity index (χ0v) is 20.8.